The van der Waals surface area contributed by atoms with Crippen LogP contribution in [0.15, 0.2) is 73.2 Å². The Morgan fingerprint density at radius 1 is 0.893 bits per heavy atom. The molecule has 3 nitrogen and oxygen atoms in total. The molecule has 2 aromatic heterocycles. The fourth-order valence-electron chi connectivity index (χ4n) is 3.68. The van der Waals surface area contributed by atoms with Gasteiger partial charge >= 0.3 is 0 Å². The van der Waals surface area contributed by atoms with E-state index in [-0.39, 0.29) is 5.41 Å². The summed E-state index contributed by atoms with van der Waals surface area (Å²) in [5, 5.41) is 13.0. The van der Waals surface area contributed by atoms with E-state index in [9.17, 15) is 5.11 Å². The minimum atomic E-state index is 0.113. The first kappa shape index (κ1) is 18.3. The van der Waals surface area contributed by atoms with Crippen LogP contribution in [0.4, 0.5) is 0 Å². The molecule has 4 rings (SSSR count). The van der Waals surface area contributed by atoms with Crippen molar-refractivity contribution in [3.05, 3.63) is 89.9 Å². The van der Waals surface area contributed by atoms with Gasteiger partial charge in [0.25, 0.3) is 0 Å². The summed E-state index contributed by atoms with van der Waals surface area (Å²) in [7, 11) is 0. The number of nitrogens with zero attached hydrogens (tertiary/aromatic N) is 2. The van der Waals surface area contributed by atoms with Crippen molar-refractivity contribution in [2.45, 2.75) is 39.0 Å². The maximum Gasteiger partial charge on any atom is 0.204 e. The fraction of sp³-hybridized carbons (Fsp3) is 0.240. The second-order valence-electron chi connectivity index (χ2n) is 8.36. The van der Waals surface area contributed by atoms with Crippen LogP contribution in [-0.2, 0) is 18.3 Å². The molecule has 0 unspecified atom stereocenters. The molecular formula is C25H26N2O. The normalized spacial score (nSPS) is 11.8. The lowest BCUT2D eigenvalue weighted by Gasteiger charge is -2.19. The van der Waals surface area contributed by atoms with Crippen LogP contribution in [-0.4, -0.2) is 14.7 Å². The number of aromatic hydroxyl groups is 1. The minimum absolute atomic E-state index is 0.113. The molecule has 0 aliphatic carbocycles. The molecule has 0 atom stereocenters. The van der Waals surface area contributed by atoms with Gasteiger partial charge in [-0.1, -0.05) is 51.1 Å². The number of pyridine rings is 1. The van der Waals surface area contributed by atoms with Crippen molar-refractivity contribution in [2.24, 2.45) is 0 Å². The van der Waals surface area contributed by atoms with Crippen LogP contribution in [0.1, 0.15) is 37.5 Å². The summed E-state index contributed by atoms with van der Waals surface area (Å²) in [4.78, 5) is 4.08. The summed E-state index contributed by atoms with van der Waals surface area (Å²) in [6, 6.07) is 18.8. The minimum Gasteiger partial charge on any atom is -0.494 e. The van der Waals surface area contributed by atoms with Gasteiger partial charge in [-0.25, -0.2) is 0 Å². The molecule has 0 bridgehead atoms. The van der Waals surface area contributed by atoms with Crippen molar-refractivity contribution in [3.63, 3.8) is 0 Å². The van der Waals surface area contributed by atoms with Gasteiger partial charge in [0.1, 0.15) is 0 Å². The smallest absolute Gasteiger partial charge is 0.204 e. The van der Waals surface area contributed by atoms with Crippen LogP contribution in [0.5, 0.6) is 5.88 Å². The van der Waals surface area contributed by atoms with Crippen molar-refractivity contribution in [2.75, 3.05) is 0 Å². The van der Waals surface area contributed by atoms with Gasteiger partial charge in [0.05, 0.1) is 0 Å². The number of aryl methyl sites for hydroxylation is 2. The van der Waals surface area contributed by atoms with Gasteiger partial charge in [0.2, 0.25) is 5.88 Å². The van der Waals surface area contributed by atoms with E-state index in [1.165, 1.54) is 11.1 Å². The summed E-state index contributed by atoms with van der Waals surface area (Å²) in [6.07, 6.45) is 7.47. The molecule has 0 radical (unpaired) electrons. The molecule has 28 heavy (non-hydrogen) atoms. The van der Waals surface area contributed by atoms with Crippen LogP contribution >= 0.6 is 0 Å². The Morgan fingerprint density at radius 2 is 1.61 bits per heavy atom. The molecule has 2 aromatic carbocycles. The van der Waals surface area contributed by atoms with Crippen LogP contribution in [0.25, 0.3) is 16.5 Å². The van der Waals surface area contributed by atoms with E-state index in [1.54, 1.807) is 0 Å². The van der Waals surface area contributed by atoms with Gasteiger partial charge in [-0.15, -0.1) is 0 Å². The number of benzene rings is 2. The Kier molecular flexibility index (Phi) is 4.68. The van der Waals surface area contributed by atoms with E-state index in [0.717, 1.165) is 34.9 Å². The maximum atomic E-state index is 11.0. The second kappa shape index (κ2) is 7.16. The first-order valence-electron chi connectivity index (χ1n) is 9.75. The molecule has 0 saturated carbocycles. The molecular weight excluding hydrogens is 344 g/mol. The zero-order valence-corrected chi connectivity index (χ0v) is 16.7. The van der Waals surface area contributed by atoms with Crippen LogP contribution in [0.2, 0.25) is 0 Å². The van der Waals surface area contributed by atoms with Gasteiger partial charge in [-0.2, -0.15) is 0 Å². The predicted molar refractivity (Wildman–Crippen MR) is 115 cm³/mol. The van der Waals surface area contributed by atoms with E-state index in [4.69, 9.17) is 0 Å². The molecule has 1 N–H and O–H groups in total. The highest BCUT2D eigenvalue weighted by atomic mass is 16.3. The van der Waals surface area contributed by atoms with E-state index >= 15 is 0 Å². The highest BCUT2D eigenvalue weighted by Gasteiger charge is 2.16. The second-order valence-corrected chi connectivity index (χ2v) is 8.36. The summed E-state index contributed by atoms with van der Waals surface area (Å²) in [5.41, 5.74) is 4.79. The number of aromatic nitrogens is 2. The number of fused-ring (bicyclic) bond motifs is 1. The SMILES string of the molecule is CC(C)(C)c1ccc(-n2cc3cccc(CCc4ccncc4)c3c2O)cc1. The standard InChI is InChI=1S/C25H26N2O/c1-25(2,3)21-9-11-22(12-10-21)27-17-20-6-4-5-19(23(20)24(27)28)8-7-18-13-15-26-16-14-18/h4-6,9-17,28H,7-8H2,1-3H3. The number of hydrogen-bond acceptors (Lipinski definition) is 2. The molecule has 0 fully saturated rings. The van der Waals surface area contributed by atoms with Gasteiger partial charge in [-0.3, -0.25) is 9.55 Å². The molecule has 0 aliphatic heterocycles. The van der Waals surface area contributed by atoms with Crippen molar-refractivity contribution in [3.8, 4) is 11.6 Å². The van der Waals surface area contributed by atoms with Crippen molar-refractivity contribution >= 4 is 10.8 Å². The van der Waals surface area contributed by atoms with E-state index < -0.39 is 0 Å². The van der Waals surface area contributed by atoms with Gasteiger partial charge in [0.15, 0.2) is 0 Å². The third kappa shape index (κ3) is 3.53. The van der Waals surface area contributed by atoms with E-state index in [2.05, 4.69) is 68.2 Å². The zero-order valence-electron chi connectivity index (χ0n) is 16.7. The van der Waals surface area contributed by atoms with E-state index in [0.29, 0.717) is 5.88 Å². The first-order valence-corrected chi connectivity index (χ1v) is 9.75. The summed E-state index contributed by atoms with van der Waals surface area (Å²) in [6.45, 7) is 6.62. The molecule has 142 valence electrons. The summed E-state index contributed by atoms with van der Waals surface area (Å²) < 4.78 is 1.88. The average Bonchev–Trinajstić information content (AvgIpc) is 3.04. The Morgan fingerprint density at radius 3 is 2.29 bits per heavy atom. The Hall–Kier alpha value is -3.07. The Balaban J connectivity index is 1.69. The molecule has 0 spiro atoms. The predicted octanol–water partition coefficient (Wildman–Crippen LogP) is 5.81. The van der Waals surface area contributed by atoms with Gasteiger partial charge < -0.3 is 5.11 Å². The quantitative estimate of drug-likeness (QED) is 0.492. The summed E-state index contributed by atoms with van der Waals surface area (Å²) >= 11 is 0. The molecule has 3 heteroatoms. The molecule has 2 heterocycles. The van der Waals surface area contributed by atoms with Crippen molar-refractivity contribution < 1.29 is 5.11 Å². The van der Waals surface area contributed by atoms with Crippen molar-refractivity contribution in [1.29, 1.82) is 0 Å². The largest absolute Gasteiger partial charge is 0.494 e. The summed E-state index contributed by atoms with van der Waals surface area (Å²) in [5.74, 6) is 0.309. The highest BCUT2D eigenvalue weighted by Crippen LogP contribution is 2.34. The van der Waals surface area contributed by atoms with Crippen LogP contribution in [0.3, 0.4) is 0 Å². The lowest BCUT2D eigenvalue weighted by atomic mass is 9.87. The van der Waals surface area contributed by atoms with Crippen LogP contribution in [0, 0.1) is 0 Å². The third-order valence-electron chi connectivity index (χ3n) is 5.35. The highest BCUT2D eigenvalue weighted by molar-refractivity contribution is 5.91. The average molecular weight is 370 g/mol. The van der Waals surface area contributed by atoms with Gasteiger partial charge in [0, 0.05) is 35.1 Å². The Bertz CT molecular complexity index is 1090. The Labute approximate surface area is 166 Å². The van der Waals surface area contributed by atoms with Crippen molar-refractivity contribution in [1.82, 2.24) is 9.55 Å². The maximum absolute atomic E-state index is 11.0. The fourth-order valence-corrected chi connectivity index (χ4v) is 3.68. The monoisotopic (exact) mass is 370 g/mol. The van der Waals surface area contributed by atoms with E-state index in [1.807, 2.05) is 35.3 Å². The third-order valence-corrected chi connectivity index (χ3v) is 5.35. The first-order chi connectivity index (χ1) is 13.4. The number of hydrogen-bond donors (Lipinski definition) is 1. The molecule has 0 amide bonds. The van der Waals surface area contributed by atoms with Gasteiger partial charge in [-0.05, 0) is 59.2 Å². The number of rotatable bonds is 4. The molecule has 4 aromatic rings. The topological polar surface area (TPSA) is 38.0 Å². The lowest BCUT2D eigenvalue weighted by Crippen LogP contribution is -2.10. The van der Waals surface area contributed by atoms with Crippen LogP contribution < -0.4 is 0 Å². The molecule has 0 aliphatic rings. The zero-order chi connectivity index (χ0) is 19.7. The lowest BCUT2D eigenvalue weighted by molar-refractivity contribution is 0.448. The molecule has 0 saturated heterocycles.